The third-order valence-electron chi connectivity index (χ3n) is 10.5. The Morgan fingerprint density at radius 1 is 0.672 bits per heavy atom. The van der Waals surface area contributed by atoms with Gasteiger partial charge in [0.1, 0.15) is 12.7 Å². The third kappa shape index (κ3) is 7.11. The van der Waals surface area contributed by atoms with Crippen LogP contribution in [0.1, 0.15) is 24.5 Å². The number of nitrogens with zero attached hydrogens (tertiary/aromatic N) is 6. The summed E-state index contributed by atoms with van der Waals surface area (Å²) < 4.78 is 2.40. The summed E-state index contributed by atoms with van der Waals surface area (Å²) in [4.78, 5) is 19.3. The van der Waals surface area contributed by atoms with Gasteiger partial charge in [-0.15, -0.1) is 0 Å². The molecule has 0 atom stereocenters. The molecule has 6 nitrogen and oxygen atoms in total. The first kappa shape index (κ1) is 36.0. The summed E-state index contributed by atoms with van der Waals surface area (Å²) in [6.45, 7) is 6.80. The monoisotopic (exact) mass is 748 g/mol. The molecule has 0 aliphatic heterocycles. The largest absolute Gasteiger partial charge is 0.311 e. The molecule has 9 rings (SSSR count). The quantitative estimate of drug-likeness (QED) is 0.130. The fourth-order valence-electron chi connectivity index (χ4n) is 7.72. The lowest BCUT2D eigenvalue weighted by atomic mass is 9.94. The Hall–Kier alpha value is -7.70. The molecule has 0 spiro atoms. The van der Waals surface area contributed by atoms with Crippen molar-refractivity contribution in [1.82, 2.24) is 24.5 Å². The van der Waals surface area contributed by atoms with Gasteiger partial charge in [-0.25, -0.2) is 15.0 Å². The molecule has 8 aromatic rings. The molecule has 0 saturated heterocycles. The molecule has 0 saturated carbocycles. The van der Waals surface area contributed by atoms with Crippen LogP contribution in [-0.2, 0) is 0 Å². The van der Waals surface area contributed by atoms with E-state index in [1.165, 1.54) is 29.0 Å². The zero-order valence-electron chi connectivity index (χ0n) is 32.2. The molecule has 1 aliphatic rings. The van der Waals surface area contributed by atoms with Crippen LogP contribution >= 0.6 is 0 Å². The van der Waals surface area contributed by atoms with Gasteiger partial charge in [0, 0.05) is 57.1 Å². The molecule has 6 heteroatoms. The van der Waals surface area contributed by atoms with Crippen LogP contribution in [0.15, 0.2) is 219 Å². The Balaban J connectivity index is 1.16. The Bertz CT molecular complexity index is 2900. The summed E-state index contributed by atoms with van der Waals surface area (Å²) in [5, 5.41) is 2.41. The van der Waals surface area contributed by atoms with Crippen LogP contribution in [0.3, 0.4) is 0 Å². The predicted molar refractivity (Wildman–Crippen MR) is 240 cm³/mol. The lowest BCUT2D eigenvalue weighted by molar-refractivity contribution is 1.05. The number of allylic oxidation sites excluding steroid dienone is 9. The summed E-state index contributed by atoms with van der Waals surface area (Å²) in [7, 11) is 0. The zero-order valence-corrected chi connectivity index (χ0v) is 32.2. The van der Waals surface area contributed by atoms with Gasteiger partial charge in [0.25, 0.3) is 0 Å². The van der Waals surface area contributed by atoms with Gasteiger partial charge in [0.05, 0.1) is 11.0 Å². The Morgan fingerprint density at radius 2 is 1.41 bits per heavy atom. The van der Waals surface area contributed by atoms with E-state index in [4.69, 9.17) is 6.58 Å². The number of pyridine rings is 1. The molecule has 1 aliphatic carbocycles. The van der Waals surface area contributed by atoms with E-state index in [0.717, 1.165) is 73.6 Å². The first-order valence-electron chi connectivity index (χ1n) is 19.4. The van der Waals surface area contributed by atoms with Gasteiger partial charge in [0.2, 0.25) is 0 Å². The van der Waals surface area contributed by atoms with E-state index < -0.39 is 0 Å². The molecule has 3 heterocycles. The smallest absolute Gasteiger partial charge is 0.162 e. The van der Waals surface area contributed by atoms with Crippen LogP contribution in [-0.4, -0.2) is 24.5 Å². The molecule has 0 amide bonds. The van der Waals surface area contributed by atoms with E-state index >= 15 is 0 Å². The summed E-state index contributed by atoms with van der Waals surface area (Å²) in [5.74, 6) is 0.625. The number of anilines is 1. The normalized spacial score (nSPS) is 13.1. The van der Waals surface area contributed by atoms with Gasteiger partial charge >= 0.3 is 0 Å². The molecule has 0 unspecified atom stereocenters. The number of aromatic nitrogens is 5. The molecular formula is C52H40N6. The first-order valence-corrected chi connectivity index (χ1v) is 19.4. The van der Waals surface area contributed by atoms with Crippen molar-refractivity contribution >= 4 is 38.6 Å². The van der Waals surface area contributed by atoms with Crippen molar-refractivity contribution in [2.24, 2.45) is 0 Å². The summed E-state index contributed by atoms with van der Waals surface area (Å²) in [6.07, 6.45) is 22.8. The maximum atomic E-state index is 4.69. The Morgan fingerprint density at radius 3 is 2.17 bits per heavy atom. The van der Waals surface area contributed by atoms with E-state index in [-0.39, 0.29) is 0 Å². The average molecular weight is 749 g/mol. The SMILES string of the molecule is C=C(/C=C\C(=C/C)c1cc(-c2ccccc2)cc2c3ccccc3n(-c3ccccc3)c12)N(C1=CCC=C(c2cccnc2)C=C1)c1ccc(-c2ncncn2)cc1. The fraction of sp³-hybridized carbons (Fsp3) is 0.0385. The average Bonchev–Trinajstić information content (AvgIpc) is 3.43. The molecule has 3 aromatic heterocycles. The molecule has 5 aromatic carbocycles. The van der Waals surface area contributed by atoms with Crippen LogP contribution < -0.4 is 4.90 Å². The molecular weight excluding hydrogens is 709 g/mol. The Kier molecular flexibility index (Phi) is 10.0. The van der Waals surface area contributed by atoms with Gasteiger partial charge in [-0.3, -0.25) is 4.98 Å². The van der Waals surface area contributed by atoms with Crippen LogP contribution in [0.2, 0.25) is 0 Å². The van der Waals surface area contributed by atoms with Gasteiger partial charge in [-0.05, 0) is 114 Å². The van der Waals surface area contributed by atoms with Gasteiger partial charge in [0.15, 0.2) is 5.82 Å². The number of benzene rings is 5. The van der Waals surface area contributed by atoms with Gasteiger partial charge < -0.3 is 9.47 Å². The highest BCUT2D eigenvalue weighted by Gasteiger charge is 2.20. The zero-order chi connectivity index (χ0) is 39.3. The second-order valence-electron chi connectivity index (χ2n) is 14.0. The summed E-state index contributed by atoms with van der Waals surface area (Å²) in [5.41, 5.74) is 13.9. The van der Waals surface area contributed by atoms with Gasteiger partial charge in [-0.1, -0.05) is 110 Å². The van der Waals surface area contributed by atoms with Crippen molar-refractivity contribution in [2.45, 2.75) is 13.3 Å². The summed E-state index contributed by atoms with van der Waals surface area (Å²) >= 11 is 0. The minimum Gasteiger partial charge on any atom is -0.311 e. The molecule has 278 valence electrons. The second-order valence-corrected chi connectivity index (χ2v) is 14.0. The van der Waals surface area contributed by atoms with Crippen molar-refractivity contribution in [3.8, 4) is 28.2 Å². The molecule has 0 bridgehead atoms. The van der Waals surface area contributed by atoms with Crippen molar-refractivity contribution in [1.29, 1.82) is 0 Å². The third-order valence-corrected chi connectivity index (χ3v) is 10.5. The van der Waals surface area contributed by atoms with E-state index in [2.05, 4.69) is 194 Å². The highest BCUT2D eigenvalue weighted by atomic mass is 15.1. The first-order chi connectivity index (χ1) is 28.7. The van der Waals surface area contributed by atoms with Gasteiger partial charge in [-0.2, -0.15) is 0 Å². The van der Waals surface area contributed by atoms with Crippen LogP contribution in [0.5, 0.6) is 0 Å². The number of rotatable bonds is 10. The number of hydrogen-bond donors (Lipinski definition) is 0. The van der Waals surface area contributed by atoms with Crippen molar-refractivity contribution in [2.75, 3.05) is 4.90 Å². The molecule has 0 fully saturated rings. The standard InChI is InChI=1S/C52H40N6/c1-3-38(48-32-43(39-14-6-4-7-15-39)33-49-47-21-10-11-22-50(47)58(51(48)49)44-18-8-5-9-19-44)24-23-37(2)57(46-29-26-41(27-30-46)52-55-35-54-36-56-52)45-20-12-16-40(25-28-45)42-17-13-31-53-34-42/h3-11,13-36H,2,12H2,1H3/b24-23-,38-3+. The highest BCUT2D eigenvalue weighted by molar-refractivity contribution is 6.14. The maximum absolute atomic E-state index is 4.69. The predicted octanol–water partition coefficient (Wildman–Crippen LogP) is 12.6. The lowest BCUT2D eigenvalue weighted by Gasteiger charge is -2.27. The van der Waals surface area contributed by atoms with E-state index in [1.54, 1.807) is 6.20 Å². The maximum Gasteiger partial charge on any atom is 0.162 e. The lowest BCUT2D eigenvalue weighted by Crippen LogP contribution is -2.19. The van der Waals surface area contributed by atoms with E-state index in [9.17, 15) is 0 Å². The fourth-order valence-corrected chi connectivity index (χ4v) is 7.72. The highest BCUT2D eigenvalue weighted by Crippen LogP contribution is 2.40. The Labute approximate surface area is 338 Å². The van der Waals surface area contributed by atoms with Crippen molar-refractivity contribution in [3.05, 3.63) is 230 Å². The van der Waals surface area contributed by atoms with E-state index in [1.807, 2.05) is 24.4 Å². The van der Waals surface area contributed by atoms with Crippen molar-refractivity contribution < 1.29 is 0 Å². The van der Waals surface area contributed by atoms with E-state index in [0.29, 0.717) is 5.82 Å². The van der Waals surface area contributed by atoms with Crippen LogP contribution in [0.4, 0.5) is 5.69 Å². The molecule has 0 radical (unpaired) electrons. The number of para-hydroxylation sites is 2. The number of hydrogen-bond acceptors (Lipinski definition) is 5. The van der Waals surface area contributed by atoms with Crippen molar-refractivity contribution in [3.63, 3.8) is 0 Å². The minimum absolute atomic E-state index is 0.625. The van der Waals surface area contributed by atoms with Crippen LogP contribution in [0, 0.1) is 0 Å². The number of fused-ring (bicyclic) bond motifs is 3. The molecule has 0 N–H and O–H groups in total. The second kappa shape index (κ2) is 16.2. The summed E-state index contributed by atoms with van der Waals surface area (Å²) in [6, 6.07) is 47.0. The topological polar surface area (TPSA) is 59.7 Å². The molecule has 58 heavy (non-hydrogen) atoms. The minimum atomic E-state index is 0.625. The van der Waals surface area contributed by atoms with Crippen LogP contribution in [0.25, 0.3) is 61.2 Å².